The van der Waals surface area contributed by atoms with Crippen LogP contribution in [0.1, 0.15) is 39.5 Å². The zero-order valence-electron chi connectivity index (χ0n) is 7.02. The van der Waals surface area contributed by atoms with Crippen molar-refractivity contribution in [3.63, 3.8) is 0 Å². The molecule has 1 radical (unpaired) electrons. The van der Waals surface area contributed by atoms with Gasteiger partial charge >= 0.3 is 49.4 Å². The Morgan fingerprint density at radius 3 is 1.91 bits per heavy atom. The Hall–Kier alpha value is 0.924. The topological polar surface area (TPSA) is 34.1 Å². The largest absolute Gasteiger partial charge is 2.00 e. The minimum Gasteiger partial charge on any atom is -0.542 e. The van der Waals surface area contributed by atoms with Crippen LogP contribution in [-0.2, 0) is 9.59 Å². The molecule has 0 aromatic rings. The molecule has 0 spiro atoms. The maximum Gasteiger partial charge on any atom is 2.00 e. The van der Waals surface area contributed by atoms with Crippen LogP contribution >= 0.6 is 0 Å². The quantitative estimate of drug-likeness (QED) is 0.585. The molecule has 0 rings (SSSR count). The maximum absolute atomic E-state index is 9.55. The van der Waals surface area contributed by atoms with E-state index >= 15 is 0 Å². The average Bonchev–Trinajstić information content (AvgIpc) is 1.91. The van der Waals surface area contributed by atoms with Gasteiger partial charge in [-0.3, -0.25) is 12.6 Å². The van der Waals surface area contributed by atoms with Gasteiger partial charge in [0.05, 0.1) is 0 Å². The van der Waals surface area contributed by atoms with Crippen molar-refractivity contribution in [1.29, 1.82) is 0 Å². The summed E-state index contributed by atoms with van der Waals surface area (Å²) in [5, 5.41) is 0. The maximum atomic E-state index is 9.55. The molecule has 2 nitrogen and oxygen atoms in total. The molecule has 0 saturated carbocycles. The molecular weight excluding hydrogens is 280 g/mol. The van der Waals surface area contributed by atoms with Gasteiger partial charge < -0.3 is 9.59 Å². The monoisotopic (exact) mass is 295 g/mol. The Bertz CT molecular complexity index is 74.5. The zero-order chi connectivity index (χ0) is 8.24. The van der Waals surface area contributed by atoms with Crippen molar-refractivity contribution in [1.82, 2.24) is 0 Å². The van der Waals surface area contributed by atoms with E-state index in [4.69, 9.17) is 4.79 Å². The minimum absolute atomic E-state index is 0. The minimum atomic E-state index is 0. The van der Waals surface area contributed by atoms with Crippen LogP contribution in [0.15, 0.2) is 0 Å². The summed E-state index contributed by atoms with van der Waals surface area (Å²) in [6.07, 6.45) is 7.33. The molecule has 0 aliphatic carbocycles. The third-order valence-corrected chi connectivity index (χ3v) is 0.882. The first-order valence-electron chi connectivity index (χ1n) is 3.47. The van der Waals surface area contributed by atoms with Crippen LogP contribution in [0.25, 0.3) is 0 Å². The molecule has 0 N–H and O–H groups in total. The fourth-order valence-corrected chi connectivity index (χ4v) is 0.447. The molecule has 65 valence electrons. The molecule has 0 bridgehead atoms. The van der Waals surface area contributed by atoms with Crippen molar-refractivity contribution in [3.05, 3.63) is 0 Å². The molecule has 0 aliphatic rings. The van der Waals surface area contributed by atoms with Gasteiger partial charge in [-0.05, 0) is 0 Å². The van der Waals surface area contributed by atoms with Gasteiger partial charge in [0.15, 0.2) is 0 Å². The van der Waals surface area contributed by atoms with E-state index in [1.54, 1.807) is 0 Å². The summed E-state index contributed by atoms with van der Waals surface area (Å²) in [6, 6.07) is 0. The summed E-state index contributed by atoms with van der Waals surface area (Å²) in [5.41, 5.74) is 0. The van der Waals surface area contributed by atoms with E-state index in [1.165, 1.54) is 19.6 Å². The van der Waals surface area contributed by atoms with E-state index in [9.17, 15) is 4.79 Å². The Balaban J connectivity index is -0.000000140. The Kier molecular flexibility index (Phi) is 36.5. The summed E-state index contributed by atoms with van der Waals surface area (Å²) in [4.78, 5) is 18.2. The number of unbranched alkanes of at least 4 members (excludes halogenated alkanes) is 3. The second-order valence-corrected chi connectivity index (χ2v) is 1.81. The molecule has 0 amide bonds. The summed E-state index contributed by atoms with van der Waals surface area (Å²) in [7, 11) is 0. The first-order chi connectivity index (χ1) is 4.83. The molecule has 0 aliphatic heterocycles. The zero-order valence-corrected chi connectivity index (χ0v) is 9.45. The standard InChI is InChI=1S/C6H11O.C2H3O.Eu/c1-2-3-4-5-6-7;1-2-3;/h2-5H2,1H3;1H3;/q2*-1;+2. The van der Waals surface area contributed by atoms with Crippen LogP contribution in [0.2, 0.25) is 0 Å². The van der Waals surface area contributed by atoms with Crippen LogP contribution in [0.4, 0.5) is 0 Å². The molecule has 0 unspecified atom stereocenters. The fourth-order valence-electron chi connectivity index (χ4n) is 0.447. The number of hydrogen-bond acceptors (Lipinski definition) is 2. The molecule has 0 atom stereocenters. The van der Waals surface area contributed by atoms with E-state index in [0.29, 0.717) is 6.42 Å². The van der Waals surface area contributed by atoms with Gasteiger partial charge in [0, 0.05) is 0 Å². The predicted molar refractivity (Wildman–Crippen MR) is 41.2 cm³/mol. The molecule has 11 heavy (non-hydrogen) atoms. The molecule has 0 heterocycles. The van der Waals surface area contributed by atoms with E-state index < -0.39 is 0 Å². The van der Waals surface area contributed by atoms with E-state index in [1.807, 2.05) is 6.29 Å². The van der Waals surface area contributed by atoms with Gasteiger partial charge in [0.1, 0.15) is 0 Å². The van der Waals surface area contributed by atoms with Crippen molar-refractivity contribution in [2.75, 3.05) is 0 Å². The smallest absolute Gasteiger partial charge is 0.542 e. The number of rotatable bonds is 4. The Morgan fingerprint density at radius 1 is 1.18 bits per heavy atom. The molecule has 3 heteroatoms. The third kappa shape index (κ3) is 35.9. The van der Waals surface area contributed by atoms with Crippen LogP contribution in [0.3, 0.4) is 0 Å². The second kappa shape index (κ2) is 22.4. The number of hydrogen-bond donors (Lipinski definition) is 0. The van der Waals surface area contributed by atoms with Crippen LogP contribution < -0.4 is 0 Å². The Morgan fingerprint density at radius 2 is 1.64 bits per heavy atom. The van der Waals surface area contributed by atoms with E-state index in [-0.39, 0.29) is 49.4 Å². The summed E-state index contributed by atoms with van der Waals surface area (Å²) in [6.45, 7) is 3.44. The van der Waals surface area contributed by atoms with E-state index in [2.05, 4.69) is 6.92 Å². The molecule has 0 saturated heterocycles. The van der Waals surface area contributed by atoms with Crippen LogP contribution in [0.5, 0.6) is 0 Å². The van der Waals surface area contributed by atoms with Crippen LogP contribution in [0, 0.1) is 49.4 Å². The molecule has 0 fully saturated rings. The van der Waals surface area contributed by atoms with Crippen molar-refractivity contribution in [2.24, 2.45) is 0 Å². The average molecular weight is 294 g/mol. The molecule has 0 aromatic heterocycles. The van der Waals surface area contributed by atoms with Crippen LogP contribution in [-0.4, -0.2) is 12.6 Å². The normalized spacial score (nSPS) is 6.73. The van der Waals surface area contributed by atoms with Gasteiger partial charge in [-0.25, -0.2) is 0 Å². The van der Waals surface area contributed by atoms with Gasteiger partial charge in [-0.2, -0.15) is 13.3 Å². The third-order valence-electron chi connectivity index (χ3n) is 0.882. The predicted octanol–water partition coefficient (Wildman–Crippen LogP) is 1.79. The number of carbonyl (C=O) groups excluding carboxylic acids is 2. The fraction of sp³-hybridized carbons (Fsp3) is 0.750. The second-order valence-electron chi connectivity index (χ2n) is 1.81. The van der Waals surface area contributed by atoms with Gasteiger partial charge in [-0.15, -0.1) is 0 Å². The SMILES string of the molecule is CCCCC[C-]=O.C[C-]=O.[Eu+2]. The van der Waals surface area contributed by atoms with Gasteiger partial charge in [0.2, 0.25) is 0 Å². The summed E-state index contributed by atoms with van der Waals surface area (Å²) < 4.78 is 0. The van der Waals surface area contributed by atoms with Gasteiger partial charge in [-0.1, -0.05) is 26.2 Å². The van der Waals surface area contributed by atoms with Crippen molar-refractivity contribution in [2.45, 2.75) is 39.5 Å². The summed E-state index contributed by atoms with van der Waals surface area (Å²) in [5.74, 6) is 0. The van der Waals surface area contributed by atoms with Gasteiger partial charge in [0.25, 0.3) is 0 Å². The molecular formula is C8H14EuO2. The summed E-state index contributed by atoms with van der Waals surface area (Å²) >= 11 is 0. The first kappa shape index (κ1) is 17.9. The molecule has 0 aromatic carbocycles. The van der Waals surface area contributed by atoms with Crippen molar-refractivity contribution >= 4 is 12.6 Å². The Labute approximate surface area is 110 Å². The van der Waals surface area contributed by atoms with Crippen molar-refractivity contribution in [3.8, 4) is 0 Å². The van der Waals surface area contributed by atoms with Crippen molar-refractivity contribution < 1.29 is 59.0 Å². The first-order valence-corrected chi connectivity index (χ1v) is 3.47. The van der Waals surface area contributed by atoms with E-state index in [0.717, 1.165) is 12.8 Å².